The lowest BCUT2D eigenvalue weighted by molar-refractivity contribution is 0.100. The number of nitrogens with one attached hydrogen (secondary N) is 2. The largest absolute Gasteiger partial charge is 0.493 e. The number of hydrogen-bond donors (Lipinski definition) is 3. The summed E-state index contributed by atoms with van der Waals surface area (Å²) in [6.07, 6.45) is 0. The van der Waals surface area contributed by atoms with E-state index in [2.05, 4.69) is 15.6 Å². The van der Waals surface area contributed by atoms with Crippen LogP contribution in [0.2, 0.25) is 0 Å². The standard InChI is InChI=1S/C21H28N4O4.HI/c1-5-23-21(24-12-14-6-8-16(9-7-14)20(22)26)25-13-15-10-17(27-2)19(29-4)18(11-15)28-3;/h6-11H,5,12-13H2,1-4H3,(H2,22,26)(H2,23,24,25);1H. The van der Waals surface area contributed by atoms with Gasteiger partial charge < -0.3 is 30.6 Å². The molecule has 164 valence electrons. The van der Waals surface area contributed by atoms with Crippen molar-refractivity contribution in [3.05, 3.63) is 53.1 Å². The van der Waals surface area contributed by atoms with Gasteiger partial charge in [-0.3, -0.25) is 4.79 Å². The number of carbonyl (C=O) groups is 1. The van der Waals surface area contributed by atoms with Crippen molar-refractivity contribution >= 4 is 35.8 Å². The summed E-state index contributed by atoms with van der Waals surface area (Å²) in [6, 6.07) is 10.9. The third kappa shape index (κ3) is 6.97. The fourth-order valence-electron chi connectivity index (χ4n) is 2.71. The molecule has 2 rings (SSSR count). The highest BCUT2D eigenvalue weighted by molar-refractivity contribution is 14.0. The molecule has 0 bridgehead atoms. The topological polar surface area (TPSA) is 107 Å². The third-order valence-electron chi connectivity index (χ3n) is 4.19. The lowest BCUT2D eigenvalue weighted by Crippen LogP contribution is -2.36. The fraction of sp³-hybridized carbons (Fsp3) is 0.333. The van der Waals surface area contributed by atoms with E-state index in [-0.39, 0.29) is 24.0 Å². The molecule has 2 aromatic carbocycles. The quantitative estimate of drug-likeness (QED) is 0.263. The number of nitrogens with two attached hydrogens (primary N) is 1. The number of benzene rings is 2. The van der Waals surface area contributed by atoms with Crippen LogP contribution in [-0.2, 0) is 13.1 Å². The van der Waals surface area contributed by atoms with E-state index in [4.69, 9.17) is 19.9 Å². The van der Waals surface area contributed by atoms with Crippen molar-refractivity contribution in [3.63, 3.8) is 0 Å². The van der Waals surface area contributed by atoms with Crippen molar-refractivity contribution in [1.29, 1.82) is 0 Å². The van der Waals surface area contributed by atoms with Crippen LogP contribution < -0.4 is 30.6 Å². The van der Waals surface area contributed by atoms with E-state index in [1.165, 1.54) is 0 Å². The van der Waals surface area contributed by atoms with Crippen molar-refractivity contribution in [3.8, 4) is 17.2 Å². The summed E-state index contributed by atoms with van der Waals surface area (Å²) in [5.41, 5.74) is 7.68. The first-order chi connectivity index (χ1) is 14.0. The molecule has 0 atom stereocenters. The summed E-state index contributed by atoms with van der Waals surface area (Å²) < 4.78 is 16.1. The maximum absolute atomic E-state index is 11.2. The van der Waals surface area contributed by atoms with Gasteiger partial charge in [-0.25, -0.2) is 4.99 Å². The number of nitrogens with zero attached hydrogens (tertiary/aromatic N) is 1. The molecule has 0 heterocycles. The van der Waals surface area contributed by atoms with Crippen LogP contribution in [0.25, 0.3) is 0 Å². The molecule has 0 aliphatic heterocycles. The van der Waals surface area contributed by atoms with Gasteiger partial charge in [0.1, 0.15) is 0 Å². The zero-order valence-electron chi connectivity index (χ0n) is 17.7. The minimum Gasteiger partial charge on any atom is -0.493 e. The molecule has 0 fully saturated rings. The molecular formula is C21H29IN4O4. The maximum Gasteiger partial charge on any atom is 0.248 e. The normalized spacial score (nSPS) is 10.6. The first-order valence-electron chi connectivity index (χ1n) is 9.22. The molecule has 4 N–H and O–H groups in total. The number of amides is 1. The number of guanidine groups is 1. The lowest BCUT2D eigenvalue weighted by atomic mass is 10.1. The number of methoxy groups -OCH3 is 3. The Kier molecular flexibility index (Phi) is 10.8. The van der Waals surface area contributed by atoms with Crippen LogP contribution in [-0.4, -0.2) is 39.7 Å². The monoisotopic (exact) mass is 528 g/mol. The van der Waals surface area contributed by atoms with Crippen molar-refractivity contribution in [2.45, 2.75) is 20.0 Å². The molecule has 9 heteroatoms. The van der Waals surface area contributed by atoms with Crippen molar-refractivity contribution in [1.82, 2.24) is 10.6 Å². The first kappa shape index (κ1) is 25.3. The second-order valence-electron chi connectivity index (χ2n) is 6.14. The van der Waals surface area contributed by atoms with Gasteiger partial charge in [-0.2, -0.15) is 0 Å². The van der Waals surface area contributed by atoms with E-state index in [0.29, 0.717) is 41.9 Å². The number of carbonyl (C=O) groups excluding carboxylic acids is 1. The third-order valence-corrected chi connectivity index (χ3v) is 4.19. The average molecular weight is 528 g/mol. The smallest absolute Gasteiger partial charge is 0.248 e. The number of hydrogen-bond acceptors (Lipinski definition) is 5. The molecule has 8 nitrogen and oxygen atoms in total. The fourth-order valence-corrected chi connectivity index (χ4v) is 2.71. The highest BCUT2D eigenvalue weighted by Crippen LogP contribution is 2.38. The SMILES string of the molecule is CCNC(=NCc1cc(OC)c(OC)c(OC)c1)NCc1ccc(C(N)=O)cc1.I. The van der Waals surface area contributed by atoms with E-state index < -0.39 is 5.91 Å². The summed E-state index contributed by atoms with van der Waals surface area (Å²) in [5.74, 6) is 1.95. The van der Waals surface area contributed by atoms with Crippen molar-refractivity contribution < 1.29 is 19.0 Å². The lowest BCUT2D eigenvalue weighted by Gasteiger charge is -2.14. The Morgan fingerprint density at radius 2 is 1.57 bits per heavy atom. The molecule has 0 aromatic heterocycles. The number of primary amides is 1. The van der Waals surface area contributed by atoms with Crippen molar-refractivity contribution in [2.24, 2.45) is 10.7 Å². The van der Waals surface area contributed by atoms with Gasteiger partial charge in [-0.05, 0) is 42.3 Å². The molecule has 2 aromatic rings. The van der Waals surface area contributed by atoms with Gasteiger partial charge in [0.25, 0.3) is 0 Å². The van der Waals surface area contributed by atoms with E-state index in [1.54, 1.807) is 33.5 Å². The molecule has 0 aliphatic carbocycles. The van der Waals surface area contributed by atoms with Crippen LogP contribution >= 0.6 is 24.0 Å². The van der Waals surface area contributed by atoms with E-state index in [0.717, 1.165) is 17.7 Å². The van der Waals surface area contributed by atoms with Gasteiger partial charge in [0.05, 0.1) is 27.9 Å². The molecule has 0 unspecified atom stereocenters. The van der Waals surface area contributed by atoms with E-state index >= 15 is 0 Å². The Morgan fingerprint density at radius 1 is 0.967 bits per heavy atom. The van der Waals surface area contributed by atoms with Crippen LogP contribution in [0.15, 0.2) is 41.4 Å². The summed E-state index contributed by atoms with van der Waals surface area (Å²) in [6.45, 7) is 3.70. The average Bonchev–Trinajstić information content (AvgIpc) is 2.74. The predicted molar refractivity (Wildman–Crippen MR) is 128 cm³/mol. The van der Waals surface area contributed by atoms with Gasteiger partial charge in [-0.1, -0.05) is 12.1 Å². The van der Waals surface area contributed by atoms with Crippen LogP contribution in [0, 0.1) is 0 Å². The molecule has 30 heavy (non-hydrogen) atoms. The minimum atomic E-state index is -0.440. The number of rotatable bonds is 9. The van der Waals surface area contributed by atoms with Gasteiger partial charge >= 0.3 is 0 Å². The minimum absolute atomic E-state index is 0. The summed E-state index contributed by atoms with van der Waals surface area (Å²) >= 11 is 0. The van der Waals surface area contributed by atoms with Gasteiger partial charge in [0.15, 0.2) is 17.5 Å². The predicted octanol–water partition coefficient (Wildman–Crippen LogP) is 2.68. The maximum atomic E-state index is 11.2. The molecule has 1 amide bonds. The van der Waals surface area contributed by atoms with Gasteiger partial charge in [0, 0.05) is 18.7 Å². The second kappa shape index (κ2) is 12.8. The zero-order valence-corrected chi connectivity index (χ0v) is 20.0. The summed E-state index contributed by atoms with van der Waals surface area (Å²) in [7, 11) is 4.74. The molecule has 0 saturated heterocycles. The zero-order chi connectivity index (χ0) is 21.2. The summed E-state index contributed by atoms with van der Waals surface area (Å²) in [4.78, 5) is 15.8. The molecule has 0 radical (unpaired) electrons. The summed E-state index contributed by atoms with van der Waals surface area (Å²) in [5, 5.41) is 6.48. The van der Waals surface area contributed by atoms with Crippen LogP contribution in [0.3, 0.4) is 0 Å². The van der Waals surface area contributed by atoms with Gasteiger partial charge in [0.2, 0.25) is 11.7 Å². The van der Waals surface area contributed by atoms with Crippen LogP contribution in [0.4, 0.5) is 0 Å². The Labute approximate surface area is 194 Å². The highest BCUT2D eigenvalue weighted by Gasteiger charge is 2.13. The molecular weight excluding hydrogens is 499 g/mol. The second-order valence-corrected chi connectivity index (χ2v) is 6.14. The Morgan fingerprint density at radius 3 is 2.03 bits per heavy atom. The van der Waals surface area contributed by atoms with Crippen LogP contribution in [0.5, 0.6) is 17.2 Å². The number of ether oxygens (including phenoxy) is 3. The molecule has 0 saturated carbocycles. The number of aliphatic imine (C=N–C) groups is 1. The first-order valence-corrected chi connectivity index (χ1v) is 9.22. The van der Waals surface area contributed by atoms with Gasteiger partial charge in [-0.15, -0.1) is 24.0 Å². The Balaban J connectivity index is 0.00000450. The Bertz CT molecular complexity index is 832. The highest BCUT2D eigenvalue weighted by atomic mass is 127. The van der Waals surface area contributed by atoms with E-state index in [9.17, 15) is 4.79 Å². The number of halogens is 1. The molecule has 0 spiro atoms. The Hall–Kier alpha value is -2.69. The van der Waals surface area contributed by atoms with Crippen LogP contribution in [0.1, 0.15) is 28.4 Å². The van der Waals surface area contributed by atoms with E-state index in [1.807, 2.05) is 31.2 Å². The van der Waals surface area contributed by atoms with Crippen molar-refractivity contribution in [2.75, 3.05) is 27.9 Å². The molecule has 0 aliphatic rings.